The molecule has 0 aliphatic heterocycles. The van der Waals surface area contributed by atoms with Crippen molar-refractivity contribution in [2.24, 2.45) is 16.8 Å². The Hall–Kier alpha value is -0.860. The van der Waals surface area contributed by atoms with Crippen LogP contribution in [0.4, 0.5) is 0 Å². The summed E-state index contributed by atoms with van der Waals surface area (Å²) >= 11 is 0. The van der Waals surface area contributed by atoms with Crippen LogP contribution in [0.1, 0.15) is 52.3 Å². The molecule has 0 saturated heterocycles. The topological polar surface area (TPSA) is 67.1 Å². The molecule has 2 N–H and O–H groups in total. The zero-order chi connectivity index (χ0) is 16.5. The normalized spacial score (nSPS) is 21.2. The van der Waals surface area contributed by atoms with Gasteiger partial charge >= 0.3 is 0 Å². The van der Waals surface area contributed by atoms with Crippen molar-refractivity contribution in [2.45, 2.75) is 59.4 Å². The Labute approximate surface area is 163 Å². The molecule has 1 aromatic rings. The summed E-state index contributed by atoms with van der Waals surface area (Å²) < 4.78 is 2.10. The van der Waals surface area contributed by atoms with E-state index in [4.69, 9.17) is 4.99 Å². The van der Waals surface area contributed by atoms with Crippen molar-refractivity contribution in [3.63, 3.8) is 0 Å². The highest BCUT2D eigenvalue weighted by molar-refractivity contribution is 14.0. The Balaban J connectivity index is 0.00000288. The molecule has 0 bridgehead atoms. The third-order valence-electron chi connectivity index (χ3n) is 4.55. The van der Waals surface area contributed by atoms with Gasteiger partial charge in [-0.2, -0.15) is 0 Å². The minimum absolute atomic E-state index is 0. The molecule has 7 heteroatoms. The van der Waals surface area contributed by atoms with Gasteiger partial charge in [0, 0.05) is 32.6 Å². The first-order valence-corrected chi connectivity index (χ1v) is 9.11. The summed E-state index contributed by atoms with van der Waals surface area (Å²) in [6, 6.07) is 0. The van der Waals surface area contributed by atoms with E-state index in [-0.39, 0.29) is 24.0 Å². The van der Waals surface area contributed by atoms with Crippen LogP contribution in [-0.4, -0.2) is 40.4 Å². The van der Waals surface area contributed by atoms with Gasteiger partial charge in [-0.15, -0.1) is 34.2 Å². The van der Waals surface area contributed by atoms with E-state index in [2.05, 4.69) is 46.2 Å². The molecule has 1 aliphatic rings. The molecule has 1 heterocycles. The third kappa shape index (κ3) is 6.94. The van der Waals surface area contributed by atoms with Gasteiger partial charge in [0.25, 0.3) is 0 Å². The van der Waals surface area contributed by atoms with Crippen LogP contribution in [0, 0.1) is 11.8 Å². The molecule has 0 radical (unpaired) electrons. The Morgan fingerprint density at radius 3 is 2.88 bits per heavy atom. The van der Waals surface area contributed by atoms with Crippen molar-refractivity contribution in [1.82, 2.24) is 25.4 Å². The predicted molar refractivity (Wildman–Crippen MR) is 110 cm³/mol. The van der Waals surface area contributed by atoms with Gasteiger partial charge in [0.2, 0.25) is 0 Å². The van der Waals surface area contributed by atoms with Crippen molar-refractivity contribution in [3.05, 3.63) is 12.2 Å². The fraction of sp³-hybridized carbons (Fsp3) is 0.824. The summed E-state index contributed by atoms with van der Waals surface area (Å²) in [5.41, 5.74) is 0. The second-order valence-electron chi connectivity index (χ2n) is 6.58. The van der Waals surface area contributed by atoms with Crippen LogP contribution in [-0.2, 0) is 13.0 Å². The first kappa shape index (κ1) is 21.2. The standard InChI is InChI=1S/C17H32N6.HI/c1-4-16-22-21-13-23(16)10-9-19-17(18-5-2)20-12-15-8-6-7-14(3)11-15;/h13-15H,4-12H2,1-3H3,(H2,18,19,20);1H. The number of hydrogen-bond acceptors (Lipinski definition) is 3. The molecule has 6 nitrogen and oxygen atoms in total. The van der Waals surface area contributed by atoms with Gasteiger partial charge < -0.3 is 15.2 Å². The maximum absolute atomic E-state index is 4.79. The van der Waals surface area contributed by atoms with E-state index in [0.29, 0.717) is 0 Å². The highest BCUT2D eigenvalue weighted by Crippen LogP contribution is 2.28. The van der Waals surface area contributed by atoms with E-state index in [9.17, 15) is 0 Å². The van der Waals surface area contributed by atoms with E-state index in [1.807, 2.05) is 0 Å². The van der Waals surface area contributed by atoms with Crippen molar-refractivity contribution >= 4 is 29.9 Å². The number of aromatic nitrogens is 3. The lowest BCUT2D eigenvalue weighted by atomic mass is 9.82. The van der Waals surface area contributed by atoms with Crippen LogP contribution in [0.25, 0.3) is 0 Å². The average Bonchev–Trinajstić information content (AvgIpc) is 3.00. The first-order chi connectivity index (χ1) is 11.2. The largest absolute Gasteiger partial charge is 0.357 e. The zero-order valence-electron chi connectivity index (χ0n) is 15.3. The van der Waals surface area contributed by atoms with Crippen LogP contribution in [0.3, 0.4) is 0 Å². The first-order valence-electron chi connectivity index (χ1n) is 9.11. The van der Waals surface area contributed by atoms with Crippen molar-refractivity contribution < 1.29 is 0 Å². The molecule has 0 aromatic carbocycles. The number of rotatable bonds is 7. The SMILES string of the molecule is CCNC(=NCC1CCCC(C)C1)NCCn1cnnc1CC.I. The highest BCUT2D eigenvalue weighted by Gasteiger charge is 2.18. The van der Waals surface area contributed by atoms with E-state index in [0.717, 1.165) is 56.2 Å². The lowest BCUT2D eigenvalue weighted by Gasteiger charge is -2.25. The minimum atomic E-state index is 0. The molecule has 2 rings (SSSR count). The molecular formula is C17H33IN6. The minimum Gasteiger partial charge on any atom is -0.357 e. The quantitative estimate of drug-likeness (QED) is 0.383. The maximum Gasteiger partial charge on any atom is 0.191 e. The number of nitrogens with one attached hydrogen (secondary N) is 2. The number of aliphatic imine (C=N–C) groups is 1. The summed E-state index contributed by atoms with van der Waals surface area (Å²) in [5, 5.41) is 14.8. The fourth-order valence-electron chi connectivity index (χ4n) is 3.32. The van der Waals surface area contributed by atoms with Crippen LogP contribution < -0.4 is 10.6 Å². The molecule has 1 aliphatic carbocycles. The van der Waals surface area contributed by atoms with E-state index < -0.39 is 0 Å². The fourth-order valence-corrected chi connectivity index (χ4v) is 3.32. The Bertz CT molecular complexity index is 487. The number of guanidine groups is 1. The molecular weight excluding hydrogens is 415 g/mol. The lowest BCUT2D eigenvalue weighted by molar-refractivity contribution is 0.289. The van der Waals surface area contributed by atoms with Gasteiger partial charge in [0.15, 0.2) is 5.96 Å². The number of halogens is 1. The monoisotopic (exact) mass is 448 g/mol. The van der Waals surface area contributed by atoms with Crippen molar-refractivity contribution in [1.29, 1.82) is 0 Å². The number of hydrogen-bond donors (Lipinski definition) is 2. The number of nitrogens with zero attached hydrogens (tertiary/aromatic N) is 4. The van der Waals surface area contributed by atoms with Crippen LogP contribution in [0.15, 0.2) is 11.3 Å². The van der Waals surface area contributed by atoms with Crippen LogP contribution in [0.2, 0.25) is 0 Å². The highest BCUT2D eigenvalue weighted by atomic mass is 127. The van der Waals surface area contributed by atoms with Gasteiger partial charge in [-0.05, 0) is 31.6 Å². The van der Waals surface area contributed by atoms with Crippen LogP contribution >= 0.6 is 24.0 Å². The van der Waals surface area contributed by atoms with Gasteiger partial charge in [-0.1, -0.05) is 26.7 Å². The summed E-state index contributed by atoms with van der Waals surface area (Å²) in [5.74, 6) is 3.57. The van der Waals surface area contributed by atoms with Gasteiger partial charge in [0.1, 0.15) is 12.2 Å². The van der Waals surface area contributed by atoms with Crippen molar-refractivity contribution in [2.75, 3.05) is 19.6 Å². The zero-order valence-corrected chi connectivity index (χ0v) is 17.6. The van der Waals surface area contributed by atoms with Crippen molar-refractivity contribution in [3.8, 4) is 0 Å². The van der Waals surface area contributed by atoms with Gasteiger partial charge in [0.05, 0.1) is 0 Å². The summed E-state index contributed by atoms with van der Waals surface area (Å²) in [4.78, 5) is 4.79. The van der Waals surface area contributed by atoms with Gasteiger partial charge in [-0.25, -0.2) is 0 Å². The molecule has 2 atom stereocenters. The third-order valence-corrected chi connectivity index (χ3v) is 4.55. The van der Waals surface area contributed by atoms with E-state index in [1.54, 1.807) is 6.33 Å². The van der Waals surface area contributed by atoms with E-state index >= 15 is 0 Å². The van der Waals surface area contributed by atoms with E-state index in [1.165, 1.54) is 25.7 Å². The predicted octanol–water partition coefficient (Wildman–Crippen LogP) is 2.84. The molecule has 2 unspecified atom stereocenters. The summed E-state index contributed by atoms with van der Waals surface area (Å²) in [6.45, 7) is 10.1. The lowest BCUT2D eigenvalue weighted by Crippen LogP contribution is -2.39. The molecule has 1 saturated carbocycles. The Morgan fingerprint density at radius 1 is 1.33 bits per heavy atom. The molecule has 138 valence electrons. The molecule has 0 spiro atoms. The molecule has 1 aromatic heterocycles. The summed E-state index contributed by atoms with van der Waals surface area (Å²) in [7, 11) is 0. The van der Waals surface area contributed by atoms with Gasteiger partial charge in [-0.3, -0.25) is 4.99 Å². The molecule has 24 heavy (non-hydrogen) atoms. The maximum atomic E-state index is 4.79. The summed E-state index contributed by atoms with van der Waals surface area (Å²) in [6.07, 6.45) is 8.11. The average molecular weight is 448 g/mol. The second-order valence-corrected chi connectivity index (χ2v) is 6.58. The Kier molecular flexibility index (Phi) is 10.3. The smallest absolute Gasteiger partial charge is 0.191 e. The molecule has 0 amide bonds. The van der Waals surface area contributed by atoms with Crippen LogP contribution in [0.5, 0.6) is 0 Å². The second kappa shape index (κ2) is 11.7. The molecule has 1 fully saturated rings. The number of aryl methyl sites for hydroxylation is 1. The Morgan fingerprint density at radius 2 is 2.17 bits per heavy atom.